The van der Waals surface area contributed by atoms with E-state index in [9.17, 15) is 9.59 Å². The Labute approximate surface area is 177 Å². The fourth-order valence-electron chi connectivity index (χ4n) is 3.17. The Balaban J connectivity index is 1.44. The highest BCUT2D eigenvalue weighted by Gasteiger charge is 2.18. The molecule has 2 aromatic carbocycles. The number of aryl methyl sites for hydroxylation is 2. The monoisotopic (exact) mass is 419 g/mol. The molecule has 0 aliphatic rings. The van der Waals surface area contributed by atoms with Gasteiger partial charge in [0, 0.05) is 13.6 Å². The number of fused-ring (bicyclic) bond motifs is 1. The smallest absolute Gasteiger partial charge is 0.262 e. The van der Waals surface area contributed by atoms with Crippen LogP contribution in [0.5, 0.6) is 5.75 Å². The molecule has 0 fully saturated rings. The van der Waals surface area contributed by atoms with Gasteiger partial charge in [0.1, 0.15) is 17.2 Å². The Morgan fingerprint density at radius 1 is 1.13 bits per heavy atom. The molecule has 0 unspecified atom stereocenters. The van der Waals surface area contributed by atoms with E-state index in [1.165, 1.54) is 22.2 Å². The van der Waals surface area contributed by atoms with Gasteiger partial charge in [0.05, 0.1) is 16.6 Å². The third kappa shape index (κ3) is 4.11. The van der Waals surface area contributed by atoms with Gasteiger partial charge < -0.3 is 14.6 Å². The zero-order chi connectivity index (χ0) is 21.1. The minimum Gasteiger partial charge on any atom is -0.489 e. The van der Waals surface area contributed by atoms with Crippen molar-refractivity contribution in [3.63, 3.8) is 0 Å². The maximum atomic E-state index is 12.7. The number of ether oxygens (including phenoxy) is 1. The SMILES string of the molecule is Cc1c(C(=O)NCc2cccc(OCc3ccccc3)c2)sc2ncn(C)c(=O)c12. The lowest BCUT2D eigenvalue weighted by atomic mass is 10.2. The van der Waals surface area contributed by atoms with Gasteiger partial charge in [-0.25, -0.2) is 4.98 Å². The molecule has 4 aromatic rings. The lowest BCUT2D eigenvalue weighted by Gasteiger charge is -2.09. The highest BCUT2D eigenvalue weighted by Crippen LogP contribution is 2.26. The molecule has 0 bridgehead atoms. The second-order valence-electron chi connectivity index (χ2n) is 7.00. The number of rotatable bonds is 6. The summed E-state index contributed by atoms with van der Waals surface area (Å²) < 4.78 is 7.27. The first-order valence-corrected chi connectivity index (χ1v) is 10.3. The Morgan fingerprint density at radius 3 is 2.70 bits per heavy atom. The van der Waals surface area contributed by atoms with Crippen LogP contribution in [0.15, 0.2) is 65.7 Å². The third-order valence-corrected chi connectivity index (χ3v) is 6.02. The molecule has 2 aromatic heterocycles. The average molecular weight is 420 g/mol. The van der Waals surface area contributed by atoms with Crippen LogP contribution in [-0.4, -0.2) is 15.5 Å². The Morgan fingerprint density at radius 2 is 1.90 bits per heavy atom. The van der Waals surface area contributed by atoms with Crippen molar-refractivity contribution >= 4 is 27.5 Å². The highest BCUT2D eigenvalue weighted by molar-refractivity contribution is 7.20. The second-order valence-corrected chi connectivity index (χ2v) is 8.00. The van der Waals surface area contributed by atoms with Gasteiger partial charge in [0.15, 0.2) is 0 Å². The van der Waals surface area contributed by atoms with E-state index in [0.29, 0.717) is 33.8 Å². The molecule has 2 heterocycles. The largest absolute Gasteiger partial charge is 0.489 e. The van der Waals surface area contributed by atoms with Crippen molar-refractivity contribution in [2.45, 2.75) is 20.1 Å². The van der Waals surface area contributed by atoms with Crippen molar-refractivity contribution in [1.29, 1.82) is 0 Å². The zero-order valence-corrected chi connectivity index (χ0v) is 17.5. The Hall–Kier alpha value is -3.45. The number of amides is 1. The van der Waals surface area contributed by atoms with Crippen LogP contribution in [0.25, 0.3) is 10.2 Å². The number of nitrogens with one attached hydrogen (secondary N) is 1. The quantitative estimate of drug-likeness (QED) is 0.516. The summed E-state index contributed by atoms with van der Waals surface area (Å²) in [6.07, 6.45) is 1.48. The first-order chi connectivity index (χ1) is 14.5. The molecule has 152 valence electrons. The van der Waals surface area contributed by atoms with E-state index >= 15 is 0 Å². The van der Waals surface area contributed by atoms with Crippen LogP contribution in [0, 0.1) is 6.92 Å². The fraction of sp³-hybridized carbons (Fsp3) is 0.174. The number of nitrogens with zero attached hydrogens (tertiary/aromatic N) is 2. The predicted molar refractivity (Wildman–Crippen MR) is 118 cm³/mol. The van der Waals surface area contributed by atoms with Crippen LogP contribution in [0.2, 0.25) is 0 Å². The summed E-state index contributed by atoms with van der Waals surface area (Å²) >= 11 is 1.24. The van der Waals surface area contributed by atoms with Crippen LogP contribution in [0.4, 0.5) is 0 Å². The van der Waals surface area contributed by atoms with Crippen molar-refractivity contribution in [2.24, 2.45) is 7.05 Å². The predicted octanol–water partition coefficient (Wildman–Crippen LogP) is 3.81. The maximum absolute atomic E-state index is 12.7. The standard InChI is InChI=1S/C23H21N3O3S/c1-15-19-22(25-14-26(2)23(19)28)30-20(15)21(27)24-12-17-9-6-10-18(11-17)29-13-16-7-4-3-5-8-16/h3-11,14H,12-13H2,1-2H3,(H,24,27). The Bertz CT molecular complexity index is 1260. The van der Waals surface area contributed by atoms with Crippen molar-refractivity contribution in [1.82, 2.24) is 14.9 Å². The molecular formula is C23H21N3O3S. The van der Waals surface area contributed by atoms with Crippen molar-refractivity contribution in [2.75, 3.05) is 0 Å². The van der Waals surface area contributed by atoms with E-state index in [1.54, 1.807) is 14.0 Å². The summed E-state index contributed by atoms with van der Waals surface area (Å²) in [4.78, 5) is 30.4. The third-order valence-electron chi connectivity index (χ3n) is 4.82. The van der Waals surface area contributed by atoms with Gasteiger partial charge >= 0.3 is 0 Å². The van der Waals surface area contributed by atoms with E-state index in [2.05, 4.69) is 10.3 Å². The van der Waals surface area contributed by atoms with Crippen LogP contribution < -0.4 is 15.6 Å². The number of hydrogen-bond acceptors (Lipinski definition) is 5. The molecule has 0 saturated heterocycles. The van der Waals surface area contributed by atoms with Crippen molar-refractivity contribution in [3.05, 3.63) is 92.8 Å². The topological polar surface area (TPSA) is 73.2 Å². The molecular weight excluding hydrogens is 398 g/mol. The summed E-state index contributed by atoms with van der Waals surface area (Å²) in [6.45, 7) is 2.63. The van der Waals surface area contributed by atoms with Gasteiger partial charge in [-0.1, -0.05) is 42.5 Å². The molecule has 0 atom stereocenters. The summed E-state index contributed by atoms with van der Waals surface area (Å²) in [6, 6.07) is 17.6. The normalized spacial score (nSPS) is 10.9. The molecule has 1 N–H and O–H groups in total. The molecule has 30 heavy (non-hydrogen) atoms. The first-order valence-electron chi connectivity index (χ1n) is 9.51. The highest BCUT2D eigenvalue weighted by atomic mass is 32.1. The van der Waals surface area contributed by atoms with Gasteiger partial charge in [-0.05, 0) is 35.7 Å². The molecule has 6 nitrogen and oxygen atoms in total. The van der Waals surface area contributed by atoms with Crippen LogP contribution in [-0.2, 0) is 20.2 Å². The lowest BCUT2D eigenvalue weighted by molar-refractivity contribution is 0.0954. The molecule has 0 spiro atoms. The number of hydrogen-bond donors (Lipinski definition) is 1. The van der Waals surface area contributed by atoms with E-state index < -0.39 is 0 Å². The fourth-order valence-corrected chi connectivity index (χ4v) is 4.23. The summed E-state index contributed by atoms with van der Waals surface area (Å²) in [5.74, 6) is 0.532. The van der Waals surface area contributed by atoms with Crippen LogP contribution in [0.1, 0.15) is 26.4 Å². The number of carbonyl (C=O) groups excluding carboxylic acids is 1. The molecule has 0 aliphatic carbocycles. The van der Waals surface area contributed by atoms with E-state index in [4.69, 9.17) is 4.74 Å². The molecule has 0 saturated carbocycles. The number of carbonyl (C=O) groups is 1. The molecule has 7 heteroatoms. The molecule has 1 amide bonds. The number of benzene rings is 2. The summed E-state index contributed by atoms with van der Waals surface area (Å²) in [5, 5.41) is 3.44. The number of thiophene rings is 1. The van der Waals surface area contributed by atoms with Gasteiger partial charge in [0.2, 0.25) is 0 Å². The molecule has 4 rings (SSSR count). The minimum atomic E-state index is -0.215. The van der Waals surface area contributed by atoms with Crippen LogP contribution in [0.3, 0.4) is 0 Å². The average Bonchev–Trinajstić information content (AvgIpc) is 3.11. The van der Waals surface area contributed by atoms with E-state index in [-0.39, 0.29) is 11.5 Å². The van der Waals surface area contributed by atoms with Gasteiger partial charge in [-0.15, -0.1) is 11.3 Å². The van der Waals surface area contributed by atoms with Crippen molar-refractivity contribution in [3.8, 4) is 5.75 Å². The first kappa shape index (κ1) is 19.8. The summed E-state index contributed by atoms with van der Waals surface area (Å²) in [7, 11) is 1.65. The van der Waals surface area contributed by atoms with E-state index in [0.717, 1.165) is 16.9 Å². The van der Waals surface area contributed by atoms with Gasteiger partial charge in [-0.2, -0.15) is 0 Å². The minimum absolute atomic E-state index is 0.143. The summed E-state index contributed by atoms with van der Waals surface area (Å²) in [5.41, 5.74) is 2.55. The van der Waals surface area contributed by atoms with Crippen molar-refractivity contribution < 1.29 is 9.53 Å². The number of aromatic nitrogens is 2. The molecule has 0 radical (unpaired) electrons. The van der Waals surface area contributed by atoms with E-state index in [1.807, 2.05) is 54.6 Å². The van der Waals surface area contributed by atoms with Gasteiger partial charge in [-0.3, -0.25) is 9.59 Å². The molecule has 0 aliphatic heterocycles. The Kier molecular flexibility index (Phi) is 5.63. The maximum Gasteiger partial charge on any atom is 0.262 e. The van der Waals surface area contributed by atoms with Gasteiger partial charge in [0.25, 0.3) is 11.5 Å². The van der Waals surface area contributed by atoms with Crippen LogP contribution >= 0.6 is 11.3 Å². The second kappa shape index (κ2) is 8.51. The zero-order valence-electron chi connectivity index (χ0n) is 16.7. The lowest BCUT2D eigenvalue weighted by Crippen LogP contribution is -2.23.